The highest BCUT2D eigenvalue weighted by molar-refractivity contribution is 6.32. The zero-order valence-electron chi connectivity index (χ0n) is 13.3. The van der Waals surface area contributed by atoms with Crippen LogP contribution in [-0.4, -0.2) is 41.0 Å². The highest BCUT2D eigenvalue weighted by Crippen LogP contribution is 2.30. The average molecular weight is 338 g/mol. The van der Waals surface area contributed by atoms with Crippen LogP contribution < -0.4 is 10.1 Å². The average Bonchev–Trinajstić information content (AvgIpc) is 3.01. The van der Waals surface area contributed by atoms with Crippen LogP contribution in [0, 0.1) is 5.92 Å². The van der Waals surface area contributed by atoms with Crippen molar-refractivity contribution in [3.05, 3.63) is 35.0 Å². The van der Waals surface area contributed by atoms with Gasteiger partial charge in [-0.2, -0.15) is 5.10 Å². The van der Waals surface area contributed by atoms with Gasteiger partial charge >= 0.3 is 0 Å². The van der Waals surface area contributed by atoms with Gasteiger partial charge in [-0.15, -0.1) is 0 Å². The third-order valence-electron chi connectivity index (χ3n) is 3.64. The van der Waals surface area contributed by atoms with Crippen molar-refractivity contribution >= 4 is 17.5 Å². The van der Waals surface area contributed by atoms with Gasteiger partial charge in [0.1, 0.15) is 5.75 Å². The number of halogens is 1. The molecular weight excluding hydrogens is 318 g/mol. The molecule has 0 radical (unpaired) electrons. The number of carbonyl (C=O) groups excluding carboxylic acids is 1. The molecule has 0 spiro atoms. The minimum absolute atomic E-state index is 0.120. The van der Waals surface area contributed by atoms with Gasteiger partial charge < -0.3 is 15.2 Å². The fourth-order valence-corrected chi connectivity index (χ4v) is 2.43. The molecule has 2 aromatic rings. The fraction of sp³-hybridized carbons (Fsp3) is 0.375. The zero-order valence-corrected chi connectivity index (χ0v) is 14.0. The molecule has 1 amide bonds. The van der Waals surface area contributed by atoms with Gasteiger partial charge in [0, 0.05) is 5.56 Å². The van der Waals surface area contributed by atoms with E-state index in [1.54, 1.807) is 18.2 Å². The van der Waals surface area contributed by atoms with Crippen molar-refractivity contribution in [1.82, 2.24) is 15.5 Å². The number of aliphatic hydroxyl groups is 1. The standard InChI is InChI=1S/C16H20ClN3O3/c1-9(2)13(8-21)19-16(22)11-7-18-20-15(11)10-4-5-14(23-3)12(17)6-10/h4-7,9,13,21H,8H2,1-3H3,(H,18,20)(H,19,22). The van der Waals surface area contributed by atoms with Crippen LogP contribution >= 0.6 is 11.6 Å². The van der Waals surface area contributed by atoms with E-state index in [0.717, 1.165) is 5.56 Å². The molecule has 1 aromatic heterocycles. The highest BCUT2D eigenvalue weighted by atomic mass is 35.5. The van der Waals surface area contributed by atoms with Crippen molar-refractivity contribution < 1.29 is 14.6 Å². The van der Waals surface area contributed by atoms with E-state index in [4.69, 9.17) is 16.3 Å². The second-order valence-corrected chi connectivity index (χ2v) is 5.92. The number of amides is 1. The van der Waals surface area contributed by atoms with E-state index >= 15 is 0 Å². The van der Waals surface area contributed by atoms with E-state index in [9.17, 15) is 9.90 Å². The summed E-state index contributed by atoms with van der Waals surface area (Å²) in [5.41, 5.74) is 1.68. The predicted molar refractivity (Wildman–Crippen MR) is 88.8 cm³/mol. The smallest absolute Gasteiger partial charge is 0.255 e. The number of aliphatic hydroxyl groups excluding tert-OH is 1. The Balaban J connectivity index is 2.29. The summed E-state index contributed by atoms with van der Waals surface area (Å²) in [6.07, 6.45) is 1.46. The quantitative estimate of drug-likeness (QED) is 0.755. The monoisotopic (exact) mass is 337 g/mol. The molecule has 6 nitrogen and oxygen atoms in total. The normalized spacial score (nSPS) is 12.3. The topological polar surface area (TPSA) is 87.2 Å². The zero-order chi connectivity index (χ0) is 17.0. The first kappa shape index (κ1) is 17.3. The summed E-state index contributed by atoms with van der Waals surface area (Å²) in [7, 11) is 1.54. The van der Waals surface area contributed by atoms with Gasteiger partial charge in [-0.3, -0.25) is 9.89 Å². The minimum Gasteiger partial charge on any atom is -0.495 e. The molecule has 0 aliphatic heterocycles. The van der Waals surface area contributed by atoms with Crippen LogP contribution in [0.2, 0.25) is 5.02 Å². The number of rotatable bonds is 6. The number of aromatic nitrogens is 2. The van der Waals surface area contributed by atoms with E-state index in [0.29, 0.717) is 22.0 Å². The predicted octanol–water partition coefficient (Wildman–Crippen LogP) is 2.49. The van der Waals surface area contributed by atoms with Crippen molar-refractivity contribution in [1.29, 1.82) is 0 Å². The Morgan fingerprint density at radius 2 is 2.22 bits per heavy atom. The minimum atomic E-state index is -0.315. The van der Waals surface area contributed by atoms with Gasteiger partial charge in [-0.1, -0.05) is 25.4 Å². The number of ether oxygens (including phenoxy) is 1. The molecule has 0 fully saturated rings. The molecule has 0 bridgehead atoms. The maximum Gasteiger partial charge on any atom is 0.255 e. The van der Waals surface area contributed by atoms with Gasteiger partial charge in [0.05, 0.1) is 42.2 Å². The number of hydrogen-bond donors (Lipinski definition) is 3. The Morgan fingerprint density at radius 3 is 2.78 bits per heavy atom. The first-order valence-corrected chi connectivity index (χ1v) is 7.64. The van der Waals surface area contributed by atoms with Crippen molar-refractivity contribution in [2.45, 2.75) is 19.9 Å². The van der Waals surface area contributed by atoms with Crippen LogP contribution in [0.4, 0.5) is 0 Å². The molecule has 1 atom stereocenters. The van der Waals surface area contributed by atoms with Crippen LogP contribution in [0.3, 0.4) is 0 Å². The lowest BCUT2D eigenvalue weighted by Gasteiger charge is -2.19. The molecule has 1 unspecified atom stereocenters. The number of hydrogen-bond acceptors (Lipinski definition) is 4. The molecule has 0 saturated carbocycles. The Kier molecular flexibility index (Phi) is 5.63. The SMILES string of the molecule is COc1ccc(-c2[nH]ncc2C(=O)NC(CO)C(C)C)cc1Cl. The molecule has 7 heteroatoms. The van der Waals surface area contributed by atoms with Gasteiger partial charge in [-0.25, -0.2) is 0 Å². The lowest BCUT2D eigenvalue weighted by molar-refractivity contribution is 0.0897. The summed E-state index contributed by atoms with van der Waals surface area (Å²) in [6, 6.07) is 4.91. The third kappa shape index (κ3) is 3.83. The summed E-state index contributed by atoms with van der Waals surface area (Å²) in [5, 5.41) is 19.4. The van der Waals surface area contributed by atoms with Gasteiger partial charge in [0.25, 0.3) is 5.91 Å². The second kappa shape index (κ2) is 7.48. The van der Waals surface area contributed by atoms with Crippen molar-refractivity contribution in [3.8, 4) is 17.0 Å². The maximum atomic E-state index is 12.4. The molecule has 3 N–H and O–H groups in total. The summed E-state index contributed by atoms with van der Waals surface area (Å²) in [6.45, 7) is 3.74. The number of aromatic amines is 1. The molecule has 0 aliphatic carbocycles. The number of nitrogens with one attached hydrogen (secondary N) is 2. The van der Waals surface area contributed by atoms with E-state index < -0.39 is 0 Å². The van der Waals surface area contributed by atoms with Crippen LogP contribution in [0.5, 0.6) is 5.75 Å². The Bertz CT molecular complexity index is 685. The van der Waals surface area contributed by atoms with E-state index in [2.05, 4.69) is 15.5 Å². The summed E-state index contributed by atoms with van der Waals surface area (Å²) in [4.78, 5) is 12.4. The number of carbonyl (C=O) groups is 1. The molecule has 0 aliphatic rings. The van der Waals surface area contributed by atoms with Crippen LogP contribution in [0.1, 0.15) is 24.2 Å². The van der Waals surface area contributed by atoms with Crippen LogP contribution in [-0.2, 0) is 0 Å². The number of benzene rings is 1. The van der Waals surface area contributed by atoms with Crippen LogP contribution in [0.25, 0.3) is 11.3 Å². The van der Waals surface area contributed by atoms with Crippen LogP contribution in [0.15, 0.2) is 24.4 Å². The molecular formula is C16H20ClN3O3. The fourth-order valence-electron chi connectivity index (χ4n) is 2.17. The molecule has 124 valence electrons. The second-order valence-electron chi connectivity index (χ2n) is 5.51. The van der Waals surface area contributed by atoms with E-state index in [-0.39, 0.29) is 24.5 Å². The van der Waals surface area contributed by atoms with Crippen molar-refractivity contribution in [2.75, 3.05) is 13.7 Å². The summed E-state index contributed by atoms with van der Waals surface area (Å²) in [5.74, 6) is 0.379. The summed E-state index contributed by atoms with van der Waals surface area (Å²) >= 11 is 6.13. The lowest BCUT2D eigenvalue weighted by atomic mass is 10.0. The molecule has 23 heavy (non-hydrogen) atoms. The van der Waals surface area contributed by atoms with E-state index in [1.807, 2.05) is 13.8 Å². The molecule has 1 heterocycles. The van der Waals surface area contributed by atoms with Crippen molar-refractivity contribution in [2.24, 2.45) is 5.92 Å². The van der Waals surface area contributed by atoms with Crippen molar-refractivity contribution in [3.63, 3.8) is 0 Å². The number of H-pyrrole nitrogens is 1. The maximum absolute atomic E-state index is 12.4. The Morgan fingerprint density at radius 1 is 1.48 bits per heavy atom. The largest absolute Gasteiger partial charge is 0.495 e. The Labute approximate surface area is 139 Å². The molecule has 2 rings (SSSR count). The first-order chi connectivity index (χ1) is 11.0. The van der Waals surface area contributed by atoms with Gasteiger partial charge in [0.15, 0.2) is 0 Å². The Hall–Kier alpha value is -2.05. The number of nitrogens with zero attached hydrogens (tertiary/aromatic N) is 1. The van der Waals surface area contributed by atoms with Gasteiger partial charge in [0.2, 0.25) is 0 Å². The molecule has 1 aromatic carbocycles. The number of methoxy groups -OCH3 is 1. The lowest BCUT2D eigenvalue weighted by Crippen LogP contribution is -2.41. The van der Waals surface area contributed by atoms with E-state index in [1.165, 1.54) is 13.3 Å². The third-order valence-corrected chi connectivity index (χ3v) is 3.94. The highest BCUT2D eigenvalue weighted by Gasteiger charge is 2.20. The van der Waals surface area contributed by atoms with Gasteiger partial charge in [-0.05, 0) is 24.1 Å². The first-order valence-electron chi connectivity index (χ1n) is 7.27. The molecule has 0 saturated heterocycles. The summed E-state index contributed by atoms with van der Waals surface area (Å²) < 4.78 is 5.12.